The fourth-order valence-electron chi connectivity index (χ4n) is 1.91. The Morgan fingerprint density at radius 3 is 2.76 bits per heavy atom. The van der Waals surface area contributed by atoms with Gasteiger partial charge in [0, 0.05) is 18.3 Å². The molecule has 1 atom stereocenters. The van der Waals surface area contributed by atoms with E-state index in [1.807, 2.05) is 0 Å². The Labute approximate surface area is 106 Å². The second-order valence-electron chi connectivity index (χ2n) is 4.02. The third kappa shape index (κ3) is 2.13. The summed E-state index contributed by atoms with van der Waals surface area (Å²) in [6.07, 6.45) is 0.393. The molecule has 0 saturated carbocycles. The molecule has 92 valence electrons. The molecule has 1 saturated heterocycles. The summed E-state index contributed by atoms with van der Waals surface area (Å²) in [7, 11) is 0. The first kappa shape index (κ1) is 12.3. The number of carbonyl (C=O) groups excluding carboxylic acids is 1. The molecular weight excluding hydrogens is 294 g/mol. The second kappa shape index (κ2) is 4.60. The number of benzene rings is 1. The lowest BCUT2D eigenvalue weighted by atomic mass is 10.2. The minimum Gasteiger partial charge on any atom is -0.395 e. The molecule has 0 aromatic heterocycles. The molecule has 1 aliphatic rings. The van der Waals surface area contributed by atoms with Crippen LogP contribution in [0.15, 0.2) is 12.1 Å². The maximum absolute atomic E-state index is 13.3. The van der Waals surface area contributed by atoms with Gasteiger partial charge in [0.15, 0.2) is 11.6 Å². The van der Waals surface area contributed by atoms with Crippen LogP contribution < -0.4 is 10.6 Å². The van der Waals surface area contributed by atoms with Gasteiger partial charge >= 0.3 is 0 Å². The Balaban J connectivity index is 2.35. The third-order valence-corrected chi connectivity index (χ3v) is 3.74. The number of anilines is 2. The second-order valence-corrected chi connectivity index (χ2v) is 4.67. The highest BCUT2D eigenvalue weighted by atomic mass is 79.9. The van der Waals surface area contributed by atoms with Crippen LogP contribution in [-0.2, 0) is 4.79 Å². The lowest BCUT2D eigenvalue weighted by Crippen LogP contribution is -2.26. The summed E-state index contributed by atoms with van der Waals surface area (Å²) in [6, 6.07) is 2.32. The molecule has 1 aromatic rings. The minimum atomic E-state index is -1.10. The van der Waals surface area contributed by atoms with Gasteiger partial charge in [0.2, 0.25) is 5.91 Å². The molecule has 0 aliphatic carbocycles. The Morgan fingerprint density at radius 1 is 1.47 bits per heavy atom. The third-order valence-electron chi connectivity index (χ3n) is 2.82. The van der Waals surface area contributed by atoms with Gasteiger partial charge in [-0.05, 0) is 18.1 Å². The Morgan fingerprint density at radius 2 is 2.18 bits per heavy atom. The molecule has 6 heteroatoms. The van der Waals surface area contributed by atoms with Gasteiger partial charge in [-0.25, -0.2) is 8.78 Å². The number of nitrogen functional groups attached to an aromatic ring is 1. The number of halogens is 3. The standard InChI is InChI=1S/C11H11BrF2N2O/c12-4-6-3-9(17)16(5-6)8-2-1-7(13)10(14)11(8)15/h1-2,6H,3-5,15H2. The first-order chi connectivity index (χ1) is 8.04. The number of hydrogen-bond acceptors (Lipinski definition) is 2. The van der Waals surface area contributed by atoms with Crippen LogP contribution in [-0.4, -0.2) is 17.8 Å². The summed E-state index contributed by atoms with van der Waals surface area (Å²) in [5, 5.41) is 0.693. The van der Waals surface area contributed by atoms with Crippen molar-refractivity contribution in [3.8, 4) is 0 Å². The quantitative estimate of drug-likeness (QED) is 0.673. The van der Waals surface area contributed by atoms with E-state index in [0.29, 0.717) is 18.3 Å². The summed E-state index contributed by atoms with van der Waals surface area (Å²) in [4.78, 5) is 13.1. The number of nitrogens with zero attached hydrogens (tertiary/aromatic N) is 1. The molecule has 2 N–H and O–H groups in total. The normalized spacial score (nSPS) is 20.1. The van der Waals surface area contributed by atoms with E-state index in [4.69, 9.17) is 5.73 Å². The minimum absolute atomic E-state index is 0.118. The van der Waals surface area contributed by atoms with Crippen molar-refractivity contribution >= 4 is 33.2 Å². The maximum Gasteiger partial charge on any atom is 0.227 e. The van der Waals surface area contributed by atoms with Crippen LogP contribution in [0.2, 0.25) is 0 Å². The van der Waals surface area contributed by atoms with Crippen molar-refractivity contribution in [2.45, 2.75) is 6.42 Å². The summed E-state index contributed by atoms with van der Waals surface area (Å²) < 4.78 is 26.2. The van der Waals surface area contributed by atoms with Gasteiger partial charge in [-0.1, -0.05) is 15.9 Å². The van der Waals surface area contributed by atoms with Crippen LogP contribution >= 0.6 is 15.9 Å². The first-order valence-electron chi connectivity index (χ1n) is 5.14. The largest absolute Gasteiger partial charge is 0.395 e. The van der Waals surface area contributed by atoms with Crippen molar-refractivity contribution < 1.29 is 13.6 Å². The molecule has 1 unspecified atom stereocenters. The number of hydrogen-bond donors (Lipinski definition) is 1. The Kier molecular flexibility index (Phi) is 3.33. The van der Waals surface area contributed by atoms with E-state index in [0.717, 1.165) is 6.07 Å². The SMILES string of the molecule is Nc1c(N2CC(CBr)CC2=O)ccc(F)c1F. The molecule has 1 fully saturated rings. The van der Waals surface area contributed by atoms with E-state index in [9.17, 15) is 13.6 Å². The fraction of sp³-hybridized carbons (Fsp3) is 0.364. The van der Waals surface area contributed by atoms with Crippen LogP contribution in [0.4, 0.5) is 20.2 Å². The van der Waals surface area contributed by atoms with Crippen LogP contribution in [0.3, 0.4) is 0 Å². The van der Waals surface area contributed by atoms with Gasteiger partial charge in [-0.15, -0.1) is 0 Å². The zero-order valence-electron chi connectivity index (χ0n) is 8.92. The van der Waals surface area contributed by atoms with Gasteiger partial charge in [-0.3, -0.25) is 4.79 Å². The number of rotatable bonds is 2. The molecular formula is C11H11BrF2N2O. The Hall–Kier alpha value is -1.17. The summed E-state index contributed by atoms with van der Waals surface area (Å²) >= 11 is 3.30. The highest BCUT2D eigenvalue weighted by Crippen LogP contribution is 2.32. The zero-order chi connectivity index (χ0) is 12.6. The predicted molar refractivity (Wildman–Crippen MR) is 65.0 cm³/mol. The monoisotopic (exact) mass is 304 g/mol. The van der Waals surface area contributed by atoms with Crippen LogP contribution in [0, 0.1) is 17.6 Å². The zero-order valence-corrected chi connectivity index (χ0v) is 10.5. The smallest absolute Gasteiger partial charge is 0.227 e. The van der Waals surface area contributed by atoms with Crippen molar-refractivity contribution in [3.63, 3.8) is 0 Å². The lowest BCUT2D eigenvalue weighted by Gasteiger charge is -2.18. The van der Waals surface area contributed by atoms with E-state index in [2.05, 4.69) is 15.9 Å². The van der Waals surface area contributed by atoms with Gasteiger partial charge in [0.1, 0.15) is 0 Å². The molecule has 1 aliphatic heterocycles. The van der Waals surface area contributed by atoms with Crippen molar-refractivity contribution in [2.24, 2.45) is 5.92 Å². The van der Waals surface area contributed by atoms with Crippen LogP contribution in [0.5, 0.6) is 0 Å². The number of alkyl halides is 1. The fourth-order valence-corrected chi connectivity index (χ4v) is 2.34. The average Bonchev–Trinajstić information content (AvgIpc) is 2.68. The molecule has 0 spiro atoms. The number of carbonyl (C=O) groups is 1. The van der Waals surface area contributed by atoms with Crippen LogP contribution in [0.1, 0.15) is 6.42 Å². The topological polar surface area (TPSA) is 46.3 Å². The molecule has 1 aromatic carbocycles. The van der Waals surface area contributed by atoms with Gasteiger partial charge < -0.3 is 10.6 Å². The predicted octanol–water partition coefficient (Wildman–Crippen LogP) is 2.29. The summed E-state index contributed by atoms with van der Waals surface area (Å²) in [5.74, 6) is -2.05. The van der Waals surface area contributed by atoms with Crippen molar-refractivity contribution in [3.05, 3.63) is 23.8 Å². The molecule has 1 amide bonds. The van der Waals surface area contributed by atoms with E-state index in [1.165, 1.54) is 11.0 Å². The van der Waals surface area contributed by atoms with Gasteiger partial charge in [-0.2, -0.15) is 0 Å². The van der Waals surface area contributed by atoms with E-state index >= 15 is 0 Å². The van der Waals surface area contributed by atoms with Crippen molar-refractivity contribution in [1.29, 1.82) is 0 Å². The van der Waals surface area contributed by atoms with E-state index in [1.54, 1.807) is 0 Å². The van der Waals surface area contributed by atoms with Gasteiger partial charge in [0.25, 0.3) is 0 Å². The molecule has 0 radical (unpaired) electrons. The van der Waals surface area contributed by atoms with Crippen molar-refractivity contribution in [1.82, 2.24) is 0 Å². The number of amides is 1. The first-order valence-corrected chi connectivity index (χ1v) is 6.26. The summed E-state index contributed by atoms with van der Waals surface area (Å²) in [5.41, 5.74) is 5.43. The van der Waals surface area contributed by atoms with E-state index in [-0.39, 0.29) is 23.2 Å². The molecule has 2 rings (SSSR count). The Bertz CT molecular complexity index is 467. The van der Waals surface area contributed by atoms with Crippen LogP contribution in [0.25, 0.3) is 0 Å². The number of nitrogens with two attached hydrogens (primary N) is 1. The highest BCUT2D eigenvalue weighted by molar-refractivity contribution is 9.09. The highest BCUT2D eigenvalue weighted by Gasteiger charge is 2.31. The summed E-state index contributed by atoms with van der Waals surface area (Å²) in [6.45, 7) is 0.472. The van der Waals surface area contributed by atoms with Gasteiger partial charge in [0.05, 0.1) is 11.4 Å². The molecule has 0 bridgehead atoms. The molecule has 3 nitrogen and oxygen atoms in total. The van der Waals surface area contributed by atoms with Crippen molar-refractivity contribution in [2.75, 3.05) is 22.5 Å². The lowest BCUT2D eigenvalue weighted by molar-refractivity contribution is -0.117. The van der Waals surface area contributed by atoms with E-state index < -0.39 is 11.6 Å². The maximum atomic E-state index is 13.3. The molecule has 17 heavy (non-hydrogen) atoms. The average molecular weight is 305 g/mol. The molecule has 1 heterocycles.